The van der Waals surface area contributed by atoms with E-state index in [1.165, 1.54) is 5.56 Å². The van der Waals surface area contributed by atoms with E-state index in [0.717, 1.165) is 25.2 Å². The topological polar surface area (TPSA) is 75.8 Å². The molecule has 1 heterocycles. The van der Waals surface area contributed by atoms with E-state index in [9.17, 15) is 9.90 Å². The van der Waals surface area contributed by atoms with Gasteiger partial charge in [-0.05, 0) is 37.1 Å². The fraction of sp³-hybridized carbons (Fsp3) is 0.533. The van der Waals surface area contributed by atoms with Crippen molar-refractivity contribution in [3.8, 4) is 0 Å². The molecule has 0 radical (unpaired) electrons. The Hall–Kier alpha value is -1.43. The zero-order valence-corrected chi connectivity index (χ0v) is 12.0. The number of carbonyl (C=O) groups is 1. The number of hydrogen-bond acceptors (Lipinski definition) is 4. The summed E-state index contributed by atoms with van der Waals surface area (Å²) >= 11 is 0. The summed E-state index contributed by atoms with van der Waals surface area (Å²) in [6.07, 6.45) is -0.00459. The molecule has 5 heteroatoms. The van der Waals surface area contributed by atoms with E-state index >= 15 is 0 Å². The summed E-state index contributed by atoms with van der Waals surface area (Å²) in [6.45, 7) is 6.38. The van der Waals surface area contributed by atoms with Gasteiger partial charge in [0, 0.05) is 25.2 Å². The highest BCUT2D eigenvalue weighted by molar-refractivity contribution is 5.93. The lowest BCUT2D eigenvalue weighted by Crippen LogP contribution is -2.47. The van der Waals surface area contributed by atoms with Crippen LogP contribution in [0.5, 0.6) is 0 Å². The number of rotatable bonds is 4. The van der Waals surface area contributed by atoms with Crippen molar-refractivity contribution in [2.45, 2.75) is 32.6 Å². The Kier molecular flexibility index (Phi) is 4.75. The number of ether oxygens (including phenoxy) is 1. The third kappa shape index (κ3) is 3.56. The summed E-state index contributed by atoms with van der Waals surface area (Å²) in [5.41, 5.74) is 8.04. The molecule has 2 unspecified atom stereocenters. The number of amides is 1. The lowest BCUT2D eigenvalue weighted by atomic mass is 10.0. The minimum Gasteiger partial charge on any atom is -0.394 e. The third-order valence-electron chi connectivity index (χ3n) is 3.63. The molecule has 3 N–H and O–H groups in total. The predicted molar refractivity (Wildman–Crippen MR) is 76.4 cm³/mol. The standard InChI is InChI=1S/C15H22N2O3/c1-10-5-12(15(16)19)3-4-13(10)7-17-6-11(2)20-14(8-17)9-18/h3-5,11,14,18H,6-9H2,1-2H3,(H2,16,19). The number of nitrogens with zero attached hydrogens (tertiary/aromatic N) is 1. The van der Waals surface area contributed by atoms with E-state index in [1.54, 1.807) is 6.07 Å². The molecule has 2 rings (SSSR count). The molecule has 1 aliphatic heterocycles. The molecule has 1 amide bonds. The van der Waals surface area contributed by atoms with Gasteiger partial charge >= 0.3 is 0 Å². The van der Waals surface area contributed by atoms with E-state index in [4.69, 9.17) is 10.5 Å². The van der Waals surface area contributed by atoms with Gasteiger partial charge in [-0.2, -0.15) is 0 Å². The van der Waals surface area contributed by atoms with Crippen LogP contribution >= 0.6 is 0 Å². The van der Waals surface area contributed by atoms with Gasteiger partial charge in [-0.3, -0.25) is 9.69 Å². The average Bonchev–Trinajstić information content (AvgIpc) is 2.40. The quantitative estimate of drug-likeness (QED) is 0.849. The highest BCUT2D eigenvalue weighted by Crippen LogP contribution is 2.17. The molecule has 0 aromatic heterocycles. The normalized spacial score (nSPS) is 23.8. The van der Waals surface area contributed by atoms with Crippen LogP contribution in [0.1, 0.15) is 28.4 Å². The molecule has 20 heavy (non-hydrogen) atoms. The molecule has 5 nitrogen and oxygen atoms in total. The lowest BCUT2D eigenvalue weighted by molar-refractivity contribution is -0.0972. The first-order valence-corrected chi connectivity index (χ1v) is 6.87. The molecule has 1 saturated heterocycles. The number of aryl methyl sites for hydroxylation is 1. The molecule has 0 bridgehead atoms. The minimum absolute atomic E-state index is 0.0421. The number of nitrogens with two attached hydrogens (primary N) is 1. The molecule has 1 aromatic carbocycles. The van der Waals surface area contributed by atoms with Gasteiger partial charge in [0.15, 0.2) is 0 Å². The Labute approximate surface area is 119 Å². The second-order valence-electron chi connectivity index (χ2n) is 5.45. The summed E-state index contributed by atoms with van der Waals surface area (Å²) in [6, 6.07) is 5.53. The summed E-state index contributed by atoms with van der Waals surface area (Å²) in [5.74, 6) is -0.403. The molecule has 0 saturated carbocycles. The number of morpholine rings is 1. The second-order valence-corrected chi connectivity index (χ2v) is 5.45. The monoisotopic (exact) mass is 278 g/mol. The Morgan fingerprint density at radius 1 is 1.50 bits per heavy atom. The van der Waals surface area contributed by atoms with E-state index in [-0.39, 0.29) is 18.8 Å². The van der Waals surface area contributed by atoms with Gasteiger partial charge in [0.25, 0.3) is 0 Å². The fourth-order valence-corrected chi connectivity index (χ4v) is 2.64. The van der Waals surface area contributed by atoms with Crippen molar-refractivity contribution in [2.75, 3.05) is 19.7 Å². The van der Waals surface area contributed by atoms with E-state index in [1.807, 2.05) is 26.0 Å². The lowest BCUT2D eigenvalue weighted by Gasteiger charge is -2.36. The first kappa shape index (κ1) is 15.0. The van der Waals surface area contributed by atoms with Crippen molar-refractivity contribution in [3.63, 3.8) is 0 Å². The van der Waals surface area contributed by atoms with Gasteiger partial charge < -0.3 is 15.6 Å². The molecular weight excluding hydrogens is 256 g/mol. The summed E-state index contributed by atoms with van der Waals surface area (Å²) in [7, 11) is 0. The molecule has 0 spiro atoms. The Morgan fingerprint density at radius 3 is 2.85 bits per heavy atom. The molecular formula is C15H22N2O3. The molecule has 2 atom stereocenters. The smallest absolute Gasteiger partial charge is 0.248 e. The average molecular weight is 278 g/mol. The van der Waals surface area contributed by atoms with Crippen LogP contribution in [-0.2, 0) is 11.3 Å². The number of aliphatic hydroxyl groups is 1. The maximum absolute atomic E-state index is 11.1. The van der Waals surface area contributed by atoms with Crippen molar-refractivity contribution in [2.24, 2.45) is 5.73 Å². The van der Waals surface area contributed by atoms with Gasteiger partial charge in [-0.15, -0.1) is 0 Å². The third-order valence-corrected chi connectivity index (χ3v) is 3.63. The number of benzene rings is 1. The Balaban J connectivity index is 2.07. The van der Waals surface area contributed by atoms with E-state index in [0.29, 0.717) is 5.56 Å². The van der Waals surface area contributed by atoms with Gasteiger partial charge in [0.05, 0.1) is 18.8 Å². The van der Waals surface area contributed by atoms with Crippen LogP contribution < -0.4 is 5.73 Å². The number of primary amides is 1. The molecule has 1 fully saturated rings. The van der Waals surface area contributed by atoms with Gasteiger partial charge in [-0.25, -0.2) is 0 Å². The highest BCUT2D eigenvalue weighted by Gasteiger charge is 2.24. The van der Waals surface area contributed by atoms with Crippen LogP contribution in [0.2, 0.25) is 0 Å². The van der Waals surface area contributed by atoms with Crippen molar-refractivity contribution >= 4 is 5.91 Å². The van der Waals surface area contributed by atoms with Gasteiger partial charge in [-0.1, -0.05) is 6.07 Å². The minimum atomic E-state index is -0.403. The number of carbonyl (C=O) groups excluding carboxylic acids is 1. The van der Waals surface area contributed by atoms with Crippen LogP contribution in [0, 0.1) is 6.92 Å². The molecule has 1 aromatic rings. The van der Waals surface area contributed by atoms with Crippen LogP contribution in [0.15, 0.2) is 18.2 Å². The summed E-state index contributed by atoms with van der Waals surface area (Å²) in [4.78, 5) is 13.4. The maximum atomic E-state index is 11.1. The zero-order chi connectivity index (χ0) is 14.7. The first-order chi connectivity index (χ1) is 9.49. The predicted octanol–water partition coefficient (Wildman–Crippen LogP) is 0.676. The maximum Gasteiger partial charge on any atom is 0.248 e. The number of hydrogen-bond donors (Lipinski definition) is 2. The van der Waals surface area contributed by atoms with E-state index < -0.39 is 5.91 Å². The first-order valence-electron chi connectivity index (χ1n) is 6.87. The van der Waals surface area contributed by atoms with Crippen molar-refractivity contribution < 1.29 is 14.6 Å². The van der Waals surface area contributed by atoms with Crippen LogP contribution in [0.4, 0.5) is 0 Å². The van der Waals surface area contributed by atoms with Crippen molar-refractivity contribution in [1.29, 1.82) is 0 Å². The Bertz CT molecular complexity index is 490. The van der Waals surface area contributed by atoms with Gasteiger partial charge in [0.1, 0.15) is 0 Å². The van der Waals surface area contributed by atoms with Gasteiger partial charge in [0.2, 0.25) is 5.91 Å². The highest BCUT2D eigenvalue weighted by atomic mass is 16.5. The van der Waals surface area contributed by atoms with Crippen molar-refractivity contribution in [3.05, 3.63) is 34.9 Å². The molecule has 1 aliphatic rings. The SMILES string of the molecule is Cc1cc(C(N)=O)ccc1CN1CC(C)OC(CO)C1. The fourth-order valence-electron chi connectivity index (χ4n) is 2.64. The second kappa shape index (κ2) is 6.35. The molecule has 0 aliphatic carbocycles. The van der Waals surface area contributed by atoms with Crippen LogP contribution in [0.25, 0.3) is 0 Å². The zero-order valence-electron chi connectivity index (χ0n) is 12.0. The van der Waals surface area contributed by atoms with Crippen LogP contribution in [0.3, 0.4) is 0 Å². The summed E-state index contributed by atoms with van der Waals surface area (Å²) in [5, 5.41) is 9.24. The molecule has 110 valence electrons. The van der Waals surface area contributed by atoms with Crippen molar-refractivity contribution in [1.82, 2.24) is 4.90 Å². The number of aliphatic hydroxyl groups excluding tert-OH is 1. The van der Waals surface area contributed by atoms with Crippen LogP contribution in [-0.4, -0.2) is 47.8 Å². The largest absolute Gasteiger partial charge is 0.394 e. The Morgan fingerprint density at radius 2 is 2.25 bits per heavy atom. The van der Waals surface area contributed by atoms with E-state index in [2.05, 4.69) is 4.90 Å². The summed E-state index contributed by atoms with van der Waals surface area (Å²) < 4.78 is 5.63.